The van der Waals surface area contributed by atoms with Gasteiger partial charge in [-0.1, -0.05) is 0 Å². The third-order valence-electron chi connectivity index (χ3n) is 2.80. The van der Waals surface area contributed by atoms with E-state index in [0.29, 0.717) is 5.82 Å². The van der Waals surface area contributed by atoms with Crippen molar-refractivity contribution in [1.82, 2.24) is 10.2 Å². The average Bonchev–Trinajstić information content (AvgIpc) is 2.75. The lowest BCUT2D eigenvalue weighted by atomic mass is 10.1. The highest BCUT2D eigenvalue weighted by atomic mass is 16.2. The Hall–Kier alpha value is -1.36. The summed E-state index contributed by atoms with van der Waals surface area (Å²) >= 11 is 0. The monoisotopic (exact) mass is 208 g/mol. The Bertz CT molecular complexity index is 360. The molecule has 0 saturated heterocycles. The van der Waals surface area contributed by atoms with Crippen LogP contribution in [-0.4, -0.2) is 22.1 Å². The van der Waals surface area contributed by atoms with E-state index < -0.39 is 0 Å². The SMILES string of the molecule is Cc1cc(NC(=O)C2CCC(N)C2)n[nH]1. The molecule has 0 radical (unpaired) electrons. The molecule has 5 nitrogen and oxygen atoms in total. The van der Waals surface area contributed by atoms with E-state index in [1.807, 2.05) is 13.0 Å². The Labute approximate surface area is 88.4 Å². The Morgan fingerprint density at radius 2 is 2.47 bits per heavy atom. The number of H-pyrrole nitrogens is 1. The first-order chi connectivity index (χ1) is 7.15. The van der Waals surface area contributed by atoms with E-state index in [0.717, 1.165) is 25.0 Å². The summed E-state index contributed by atoms with van der Waals surface area (Å²) in [6, 6.07) is 1.99. The summed E-state index contributed by atoms with van der Waals surface area (Å²) in [5, 5.41) is 9.53. The molecule has 0 aliphatic heterocycles. The molecular weight excluding hydrogens is 192 g/mol. The number of carbonyl (C=O) groups is 1. The summed E-state index contributed by atoms with van der Waals surface area (Å²) in [7, 11) is 0. The van der Waals surface area contributed by atoms with Crippen molar-refractivity contribution >= 4 is 11.7 Å². The number of hydrogen-bond donors (Lipinski definition) is 3. The number of aryl methyl sites for hydroxylation is 1. The van der Waals surface area contributed by atoms with Crippen LogP contribution in [0.3, 0.4) is 0 Å². The minimum atomic E-state index is 0.0365. The van der Waals surface area contributed by atoms with Crippen LogP contribution in [0.5, 0.6) is 0 Å². The second-order valence-corrected chi connectivity index (χ2v) is 4.20. The van der Waals surface area contributed by atoms with E-state index in [4.69, 9.17) is 5.73 Å². The maximum absolute atomic E-state index is 11.7. The predicted molar refractivity (Wildman–Crippen MR) is 57.3 cm³/mol. The highest BCUT2D eigenvalue weighted by Gasteiger charge is 2.27. The summed E-state index contributed by atoms with van der Waals surface area (Å²) < 4.78 is 0. The topological polar surface area (TPSA) is 83.8 Å². The Morgan fingerprint density at radius 3 is 3.00 bits per heavy atom. The van der Waals surface area contributed by atoms with Crippen molar-refractivity contribution in [2.75, 3.05) is 5.32 Å². The molecule has 1 aliphatic carbocycles. The normalized spacial score (nSPS) is 25.5. The molecule has 1 aromatic rings. The molecule has 0 aromatic carbocycles. The molecule has 1 aromatic heterocycles. The fourth-order valence-corrected chi connectivity index (χ4v) is 1.96. The number of nitrogens with zero attached hydrogens (tertiary/aromatic N) is 1. The molecule has 0 bridgehead atoms. The van der Waals surface area contributed by atoms with Gasteiger partial charge in [-0.2, -0.15) is 5.10 Å². The lowest BCUT2D eigenvalue weighted by Crippen LogP contribution is -2.23. The summed E-state index contributed by atoms with van der Waals surface area (Å²) in [4.78, 5) is 11.7. The predicted octanol–water partition coefficient (Wildman–Crippen LogP) is 0.784. The molecule has 1 aliphatic rings. The lowest BCUT2D eigenvalue weighted by Gasteiger charge is -2.08. The lowest BCUT2D eigenvalue weighted by molar-refractivity contribution is -0.119. The van der Waals surface area contributed by atoms with E-state index in [2.05, 4.69) is 15.5 Å². The van der Waals surface area contributed by atoms with Gasteiger partial charge in [0.1, 0.15) is 0 Å². The van der Waals surface area contributed by atoms with Gasteiger partial charge < -0.3 is 11.1 Å². The molecular formula is C10H16N4O. The van der Waals surface area contributed by atoms with Gasteiger partial charge in [-0.25, -0.2) is 0 Å². The zero-order chi connectivity index (χ0) is 10.8. The summed E-state index contributed by atoms with van der Waals surface area (Å²) in [5.74, 6) is 0.685. The maximum Gasteiger partial charge on any atom is 0.228 e. The summed E-state index contributed by atoms with van der Waals surface area (Å²) in [6.45, 7) is 1.90. The van der Waals surface area contributed by atoms with Gasteiger partial charge in [0.05, 0.1) is 0 Å². The number of nitrogens with two attached hydrogens (primary N) is 1. The second kappa shape index (κ2) is 4.02. The first-order valence-electron chi connectivity index (χ1n) is 5.23. The van der Waals surface area contributed by atoms with Crippen LogP contribution in [0.1, 0.15) is 25.0 Å². The van der Waals surface area contributed by atoms with E-state index in [1.54, 1.807) is 0 Å². The number of hydrogen-bond acceptors (Lipinski definition) is 3. The van der Waals surface area contributed by atoms with Crippen molar-refractivity contribution in [2.45, 2.75) is 32.2 Å². The quantitative estimate of drug-likeness (QED) is 0.671. The number of aromatic amines is 1. The van der Waals surface area contributed by atoms with Crippen molar-refractivity contribution in [3.05, 3.63) is 11.8 Å². The van der Waals surface area contributed by atoms with Crippen LogP contribution in [0.2, 0.25) is 0 Å². The number of carbonyl (C=O) groups excluding carboxylic acids is 1. The Balaban J connectivity index is 1.92. The van der Waals surface area contributed by atoms with E-state index in [-0.39, 0.29) is 17.9 Å². The summed E-state index contributed by atoms with van der Waals surface area (Å²) in [5.41, 5.74) is 6.70. The first kappa shape index (κ1) is 10.2. The first-order valence-corrected chi connectivity index (χ1v) is 5.23. The van der Waals surface area contributed by atoms with Gasteiger partial charge in [0.2, 0.25) is 5.91 Å². The van der Waals surface area contributed by atoms with Gasteiger partial charge in [-0.05, 0) is 26.2 Å². The van der Waals surface area contributed by atoms with Gasteiger partial charge in [0.15, 0.2) is 5.82 Å². The number of rotatable bonds is 2. The molecule has 1 saturated carbocycles. The van der Waals surface area contributed by atoms with Crippen molar-refractivity contribution in [3.63, 3.8) is 0 Å². The molecule has 5 heteroatoms. The number of aromatic nitrogens is 2. The van der Waals surface area contributed by atoms with Crippen LogP contribution in [0, 0.1) is 12.8 Å². The van der Waals surface area contributed by atoms with E-state index in [9.17, 15) is 4.79 Å². The molecule has 2 rings (SSSR count). The molecule has 2 atom stereocenters. The fraction of sp³-hybridized carbons (Fsp3) is 0.600. The summed E-state index contributed by atoms with van der Waals surface area (Å²) in [6.07, 6.45) is 2.61. The zero-order valence-corrected chi connectivity index (χ0v) is 8.79. The highest BCUT2D eigenvalue weighted by molar-refractivity contribution is 5.91. The third kappa shape index (κ3) is 2.36. The standard InChI is InChI=1S/C10H16N4O/c1-6-4-9(14-13-6)12-10(15)7-2-3-8(11)5-7/h4,7-8H,2-3,5,11H2,1H3,(H2,12,13,14,15). The minimum absolute atomic E-state index is 0.0365. The van der Waals surface area contributed by atoms with Gasteiger partial charge in [-0.3, -0.25) is 9.89 Å². The maximum atomic E-state index is 11.7. The molecule has 4 N–H and O–H groups in total. The Kier molecular flexibility index (Phi) is 2.73. The van der Waals surface area contributed by atoms with E-state index >= 15 is 0 Å². The van der Waals surface area contributed by atoms with Gasteiger partial charge >= 0.3 is 0 Å². The number of anilines is 1. The average molecular weight is 208 g/mol. The van der Waals surface area contributed by atoms with Crippen LogP contribution in [0.15, 0.2) is 6.07 Å². The third-order valence-corrected chi connectivity index (χ3v) is 2.80. The van der Waals surface area contributed by atoms with E-state index in [1.165, 1.54) is 0 Å². The number of nitrogens with one attached hydrogen (secondary N) is 2. The van der Waals surface area contributed by atoms with Crippen molar-refractivity contribution in [1.29, 1.82) is 0 Å². The van der Waals surface area contributed by atoms with Crippen LogP contribution < -0.4 is 11.1 Å². The van der Waals surface area contributed by atoms with Crippen LogP contribution >= 0.6 is 0 Å². The van der Waals surface area contributed by atoms with Gasteiger partial charge in [0.25, 0.3) is 0 Å². The van der Waals surface area contributed by atoms with Crippen LogP contribution in [0.25, 0.3) is 0 Å². The molecule has 82 valence electrons. The van der Waals surface area contributed by atoms with Crippen molar-refractivity contribution in [3.8, 4) is 0 Å². The fourth-order valence-electron chi connectivity index (χ4n) is 1.96. The smallest absolute Gasteiger partial charge is 0.228 e. The molecule has 15 heavy (non-hydrogen) atoms. The van der Waals surface area contributed by atoms with Gasteiger partial charge in [-0.15, -0.1) is 0 Å². The minimum Gasteiger partial charge on any atom is -0.328 e. The molecule has 1 fully saturated rings. The number of amides is 1. The van der Waals surface area contributed by atoms with Crippen molar-refractivity contribution in [2.24, 2.45) is 11.7 Å². The molecule has 2 unspecified atom stereocenters. The van der Waals surface area contributed by atoms with Crippen LogP contribution in [0.4, 0.5) is 5.82 Å². The van der Waals surface area contributed by atoms with Gasteiger partial charge in [0, 0.05) is 23.7 Å². The zero-order valence-electron chi connectivity index (χ0n) is 8.79. The molecule has 1 heterocycles. The van der Waals surface area contributed by atoms with Crippen LogP contribution in [-0.2, 0) is 4.79 Å². The molecule has 1 amide bonds. The largest absolute Gasteiger partial charge is 0.328 e. The Morgan fingerprint density at radius 1 is 1.67 bits per heavy atom. The second-order valence-electron chi connectivity index (χ2n) is 4.20. The molecule has 0 spiro atoms. The van der Waals surface area contributed by atoms with Crippen molar-refractivity contribution < 1.29 is 4.79 Å². The highest BCUT2D eigenvalue weighted by Crippen LogP contribution is 2.25.